The number of hydrogen-bond acceptors (Lipinski definition) is 3. The zero-order chi connectivity index (χ0) is 20.1. The standard InChI is InChI=1S/C23H20BrFN2O/c1-13-10-16(11-14(2)21(13)28-3)23(15-6-4-7-17(24)12-15)18-8-5-9-19(25)20(18)22(26)27-23/h4-12H,1-3H3,(H2,26,27). The number of ether oxygens (including phenoxy) is 1. The van der Waals surface area contributed by atoms with Crippen molar-refractivity contribution in [2.45, 2.75) is 19.4 Å². The van der Waals surface area contributed by atoms with E-state index in [1.54, 1.807) is 13.2 Å². The zero-order valence-electron chi connectivity index (χ0n) is 15.9. The average Bonchev–Trinajstić information content (AvgIpc) is 2.96. The van der Waals surface area contributed by atoms with E-state index in [1.165, 1.54) is 6.07 Å². The van der Waals surface area contributed by atoms with Crippen molar-refractivity contribution in [1.29, 1.82) is 0 Å². The molecule has 1 atom stereocenters. The van der Waals surface area contributed by atoms with Gasteiger partial charge < -0.3 is 10.5 Å². The molecule has 0 aliphatic carbocycles. The second-order valence-corrected chi connectivity index (χ2v) is 7.94. The lowest BCUT2D eigenvalue weighted by Crippen LogP contribution is -2.26. The Bertz CT molecular complexity index is 1100. The van der Waals surface area contributed by atoms with E-state index >= 15 is 0 Å². The molecule has 3 aromatic carbocycles. The van der Waals surface area contributed by atoms with Crippen molar-refractivity contribution in [1.82, 2.24) is 0 Å². The summed E-state index contributed by atoms with van der Waals surface area (Å²) in [7, 11) is 1.66. The van der Waals surface area contributed by atoms with Crippen LogP contribution in [-0.4, -0.2) is 12.9 Å². The molecule has 0 radical (unpaired) electrons. The van der Waals surface area contributed by atoms with Crippen molar-refractivity contribution in [3.8, 4) is 5.75 Å². The van der Waals surface area contributed by atoms with Gasteiger partial charge in [0.15, 0.2) is 0 Å². The van der Waals surface area contributed by atoms with Crippen molar-refractivity contribution in [3.05, 3.63) is 98.3 Å². The summed E-state index contributed by atoms with van der Waals surface area (Å²) in [6.45, 7) is 4.00. The van der Waals surface area contributed by atoms with Gasteiger partial charge in [0.25, 0.3) is 0 Å². The molecule has 28 heavy (non-hydrogen) atoms. The summed E-state index contributed by atoms with van der Waals surface area (Å²) in [5.41, 5.74) is 10.3. The average molecular weight is 439 g/mol. The maximum Gasteiger partial charge on any atom is 0.139 e. The van der Waals surface area contributed by atoms with E-state index in [0.717, 1.165) is 38.0 Å². The molecule has 1 aliphatic rings. The van der Waals surface area contributed by atoms with Gasteiger partial charge in [0.1, 0.15) is 22.9 Å². The van der Waals surface area contributed by atoms with E-state index in [9.17, 15) is 4.39 Å². The first-order valence-corrected chi connectivity index (χ1v) is 9.74. The molecular formula is C23H20BrFN2O. The van der Waals surface area contributed by atoms with E-state index in [2.05, 4.69) is 15.9 Å². The topological polar surface area (TPSA) is 47.6 Å². The predicted octanol–water partition coefficient (Wildman–Crippen LogP) is 5.22. The van der Waals surface area contributed by atoms with Crippen LogP contribution in [0.2, 0.25) is 0 Å². The number of benzene rings is 3. The Labute approximate surface area is 172 Å². The van der Waals surface area contributed by atoms with Gasteiger partial charge in [-0.15, -0.1) is 0 Å². The van der Waals surface area contributed by atoms with Crippen molar-refractivity contribution in [2.75, 3.05) is 7.11 Å². The summed E-state index contributed by atoms with van der Waals surface area (Å²) in [4.78, 5) is 4.86. The van der Waals surface area contributed by atoms with Crippen LogP contribution in [0, 0.1) is 19.7 Å². The lowest BCUT2D eigenvalue weighted by molar-refractivity contribution is 0.408. The van der Waals surface area contributed by atoms with Gasteiger partial charge in [-0.25, -0.2) is 9.38 Å². The molecule has 3 aromatic rings. The highest BCUT2D eigenvalue weighted by molar-refractivity contribution is 9.10. The maximum absolute atomic E-state index is 14.7. The Balaban J connectivity index is 2.12. The third-order valence-corrected chi connectivity index (χ3v) is 5.77. The molecule has 0 fully saturated rings. The summed E-state index contributed by atoms with van der Waals surface area (Å²) >= 11 is 3.55. The van der Waals surface area contributed by atoms with Crippen molar-refractivity contribution in [3.63, 3.8) is 0 Å². The molecule has 5 heteroatoms. The molecule has 3 nitrogen and oxygen atoms in total. The second kappa shape index (κ2) is 6.74. The Morgan fingerprint density at radius 3 is 2.32 bits per heavy atom. The van der Waals surface area contributed by atoms with Crippen LogP contribution in [0.1, 0.15) is 33.4 Å². The first-order valence-electron chi connectivity index (χ1n) is 8.95. The fraction of sp³-hybridized carbons (Fsp3) is 0.174. The van der Waals surface area contributed by atoms with E-state index in [1.807, 2.05) is 56.3 Å². The number of aliphatic imine (C=N–C) groups is 1. The van der Waals surface area contributed by atoms with Crippen LogP contribution in [0.15, 0.2) is 64.1 Å². The van der Waals surface area contributed by atoms with Gasteiger partial charge in [0.05, 0.1) is 12.7 Å². The molecule has 0 aromatic heterocycles. The molecule has 1 heterocycles. The quantitative estimate of drug-likeness (QED) is 0.608. The van der Waals surface area contributed by atoms with Gasteiger partial charge in [0, 0.05) is 10.0 Å². The molecule has 1 unspecified atom stereocenters. The molecule has 0 spiro atoms. The molecule has 0 amide bonds. The number of nitrogens with two attached hydrogens (primary N) is 1. The van der Waals surface area contributed by atoms with Crippen LogP contribution in [-0.2, 0) is 5.54 Å². The molecule has 0 bridgehead atoms. The predicted molar refractivity (Wildman–Crippen MR) is 114 cm³/mol. The molecule has 1 aliphatic heterocycles. The monoisotopic (exact) mass is 438 g/mol. The minimum atomic E-state index is -0.924. The van der Waals surface area contributed by atoms with E-state index in [4.69, 9.17) is 15.5 Å². The van der Waals surface area contributed by atoms with Gasteiger partial charge in [-0.3, -0.25) is 0 Å². The SMILES string of the molecule is COc1c(C)cc(C2(c3cccc(Br)c3)N=C(N)c3c(F)cccc32)cc1C. The molecule has 142 valence electrons. The summed E-state index contributed by atoms with van der Waals surface area (Å²) in [5.74, 6) is 0.680. The van der Waals surface area contributed by atoms with Crippen LogP contribution >= 0.6 is 15.9 Å². The van der Waals surface area contributed by atoms with Gasteiger partial charge in [-0.2, -0.15) is 0 Å². The Hall–Kier alpha value is -2.66. The minimum absolute atomic E-state index is 0.208. The number of fused-ring (bicyclic) bond motifs is 1. The van der Waals surface area contributed by atoms with Crippen LogP contribution in [0.4, 0.5) is 4.39 Å². The number of amidine groups is 1. The van der Waals surface area contributed by atoms with Crippen LogP contribution in [0.3, 0.4) is 0 Å². The van der Waals surface area contributed by atoms with Crippen LogP contribution in [0.5, 0.6) is 5.75 Å². The molecule has 4 rings (SSSR count). The lowest BCUT2D eigenvalue weighted by Gasteiger charge is -2.30. The highest BCUT2D eigenvalue weighted by Crippen LogP contribution is 2.48. The van der Waals surface area contributed by atoms with E-state index < -0.39 is 5.54 Å². The smallest absolute Gasteiger partial charge is 0.139 e. The summed E-state index contributed by atoms with van der Waals surface area (Å²) in [6.07, 6.45) is 0. The van der Waals surface area contributed by atoms with Gasteiger partial charge >= 0.3 is 0 Å². The number of rotatable bonds is 3. The third kappa shape index (κ3) is 2.65. The summed E-state index contributed by atoms with van der Waals surface area (Å²) in [6, 6.07) is 17.0. The zero-order valence-corrected chi connectivity index (χ0v) is 17.5. The van der Waals surface area contributed by atoms with E-state index in [0.29, 0.717) is 5.56 Å². The Morgan fingerprint density at radius 2 is 1.68 bits per heavy atom. The molecular weight excluding hydrogens is 419 g/mol. The first-order chi connectivity index (χ1) is 13.4. The summed E-state index contributed by atoms with van der Waals surface area (Å²) < 4.78 is 21.1. The number of nitrogens with zero attached hydrogens (tertiary/aromatic N) is 1. The van der Waals surface area contributed by atoms with Gasteiger partial charge in [-0.05, 0) is 66.4 Å². The van der Waals surface area contributed by atoms with Crippen molar-refractivity contribution >= 4 is 21.8 Å². The highest BCUT2D eigenvalue weighted by atomic mass is 79.9. The largest absolute Gasteiger partial charge is 0.496 e. The van der Waals surface area contributed by atoms with E-state index in [-0.39, 0.29) is 11.7 Å². The molecule has 2 N–H and O–H groups in total. The van der Waals surface area contributed by atoms with Gasteiger partial charge in [-0.1, -0.05) is 40.2 Å². The highest BCUT2D eigenvalue weighted by Gasteiger charge is 2.44. The fourth-order valence-electron chi connectivity index (χ4n) is 4.18. The number of hydrogen-bond donors (Lipinski definition) is 1. The summed E-state index contributed by atoms with van der Waals surface area (Å²) in [5, 5.41) is 0. The number of halogens is 2. The van der Waals surface area contributed by atoms with Crippen molar-refractivity contribution in [2.24, 2.45) is 10.7 Å². The number of aryl methyl sites for hydroxylation is 2. The van der Waals surface area contributed by atoms with Crippen molar-refractivity contribution < 1.29 is 9.13 Å². The normalized spacial score (nSPS) is 18.0. The minimum Gasteiger partial charge on any atom is -0.496 e. The maximum atomic E-state index is 14.7. The third-order valence-electron chi connectivity index (χ3n) is 5.27. The Morgan fingerprint density at radius 1 is 1.00 bits per heavy atom. The second-order valence-electron chi connectivity index (χ2n) is 7.02. The van der Waals surface area contributed by atoms with Gasteiger partial charge in [0.2, 0.25) is 0 Å². The first kappa shape index (κ1) is 18.7. The van der Waals surface area contributed by atoms with Crippen LogP contribution in [0.25, 0.3) is 0 Å². The molecule has 0 saturated heterocycles. The molecule has 0 saturated carbocycles. The number of methoxy groups -OCH3 is 1. The lowest BCUT2D eigenvalue weighted by atomic mass is 9.76. The van der Waals surface area contributed by atoms with Crippen LogP contribution < -0.4 is 10.5 Å². The fourth-order valence-corrected chi connectivity index (χ4v) is 4.58. The Kier molecular flexibility index (Phi) is 4.50.